The summed E-state index contributed by atoms with van der Waals surface area (Å²) in [5.74, 6) is 0.893. The van der Waals surface area contributed by atoms with E-state index < -0.39 is 6.10 Å². The summed E-state index contributed by atoms with van der Waals surface area (Å²) < 4.78 is 5.56. The van der Waals surface area contributed by atoms with Gasteiger partial charge in [-0.2, -0.15) is 0 Å². The van der Waals surface area contributed by atoms with E-state index in [0.717, 1.165) is 51.2 Å². The number of ether oxygens (including phenoxy) is 1. The average molecular weight is 309 g/mol. The van der Waals surface area contributed by atoms with Crippen LogP contribution in [-0.4, -0.2) is 73.1 Å². The zero-order valence-corrected chi connectivity index (χ0v) is 13.4. The molecule has 3 fully saturated rings. The molecule has 22 heavy (non-hydrogen) atoms. The van der Waals surface area contributed by atoms with Crippen molar-refractivity contribution in [3.8, 4) is 0 Å². The van der Waals surface area contributed by atoms with Crippen LogP contribution in [-0.2, 0) is 14.3 Å². The lowest BCUT2D eigenvalue weighted by atomic mass is 9.99. The molecule has 2 aliphatic heterocycles. The highest BCUT2D eigenvalue weighted by Crippen LogP contribution is 2.19. The van der Waals surface area contributed by atoms with Crippen LogP contribution >= 0.6 is 0 Å². The Kier molecular flexibility index (Phi) is 4.98. The smallest absolute Gasteiger partial charge is 0.250 e. The monoisotopic (exact) mass is 309 g/mol. The van der Waals surface area contributed by atoms with Gasteiger partial charge in [-0.15, -0.1) is 0 Å². The van der Waals surface area contributed by atoms with Crippen molar-refractivity contribution in [2.24, 2.45) is 5.92 Å². The number of amides is 2. The lowest BCUT2D eigenvalue weighted by Gasteiger charge is -2.35. The molecule has 6 heteroatoms. The number of nitrogens with one attached hydrogen (secondary N) is 1. The second kappa shape index (κ2) is 6.96. The van der Waals surface area contributed by atoms with Gasteiger partial charge in [0.25, 0.3) is 5.91 Å². The predicted octanol–water partition coefficient (Wildman–Crippen LogP) is 0.224. The van der Waals surface area contributed by atoms with E-state index in [1.165, 1.54) is 0 Å². The summed E-state index contributed by atoms with van der Waals surface area (Å²) in [5.41, 5.74) is 0. The molecule has 1 N–H and O–H groups in total. The summed E-state index contributed by atoms with van der Waals surface area (Å²) in [4.78, 5) is 28.5. The van der Waals surface area contributed by atoms with Crippen LogP contribution in [0.15, 0.2) is 0 Å². The summed E-state index contributed by atoms with van der Waals surface area (Å²) in [6, 6.07) is 0.350. The van der Waals surface area contributed by atoms with Gasteiger partial charge in [0.1, 0.15) is 6.10 Å². The second-order valence-corrected chi connectivity index (χ2v) is 6.94. The molecule has 6 nitrogen and oxygen atoms in total. The van der Waals surface area contributed by atoms with Gasteiger partial charge in [0.15, 0.2) is 0 Å². The standard InChI is InChI=1S/C16H27N3O3/c1-12-4-6-19(7-5-12)15(20)11-18-8-9-22-14(10-18)16(21)17-13-2-3-13/h12-14H,2-11H2,1H3,(H,17,21). The number of rotatable bonds is 4. The molecule has 2 amide bonds. The predicted molar refractivity (Wildman–Crippen MR) is 82.3 cm³/mol. The van der Waals surface area contributed by atoms with E-state index in [4.69, 9.17) is 4.74 Å². The lowest BCUT2D eigenvalue weighted by molar-refractivity contribution is -0.143. The Morgan fingerprint density at radius 3 is 2.55 bits per heavy atom. The molecular formula is C16H27N3O3. The van der Waals surface area contributed by atoms with Gasteiger partial charge in [-0.1, -0.05) is 6.92 Å². The van der Waals surface area contributed by atoms with E-state index in [-0.39, 0.29) is 11.8 Å². The van der Waals surface area contributed by atoms with E-state index in [0.29, 0.717) is 25.7 Å². The third kappa shape index (κ3) is 4.20. The van der Waals surface area contributed by atoms with Gasteiger partial charge in [0.05, 0.1) is 13.2 Å². The van der Waals surface area contributed by atoms with E-state index in [2.05, 4.69) is 17.1 Å². The largest absolute Gasteiger partial charge is 0.366 e. The molecule has 3 aliphatic rings. The molecular weight excluding hydrogens is 282 g/mol. The lowest BCUT2D eigenvalue weighted by Crippen LogP contribution is -2.53. The van der Waals surface area contributed by atoms with Crippen LogP contribution in [0.4, 0.5) is 0 Å². The Hall–Kier alpha value is -1.14. The van der Waals surface area contributed by atoms with Gasteiger partial charge < -0.3 is 15.0 Å². The molecule has 0 radical (unpaired) electrons. The highest BCUT2D eigenvalue weighted by Gasteiger charge is 2.32. The van der Waals surface area contributed by atoms with Gasteiger partial charge in [-0.3, -0.25) is 14.5 Å². The molecule has 1 saturated carbocycles. The van der Waals surface area contributed by atoms with Crippen LogP contribution in [0.1, 0.15) is 32.6 Å². The summed E-state index contributed by atoms with van der Waals surface area (Å²) >= 11 is 0. The molecule has 3 rings (SSSR count). The van der Waals surface area contributed by atoms with Crippen LogP contribution < -0.4 is 5.32 Å². The van der Waals surface area contributed by atoms with Crippen LogP contribution in [0, 0.1) is 5.92 Å². The van der Waals surface area contributed by atoms with Gasteiger partial charge in [0.2, 0.25) is 5.91 Å². The Labute approximate surface area is 132 Å². The Balaban J connectivity index is 1.45. The quantitative estimate of drug-likeness (QED) is 0.807. The number of piperidine rings is 1. The van der Waals surface area contributed by atoms with Crippen molar-refractivity contribution in [2.45, 2.75) is 44.8 Å². The molecule has 1 unspecified atom stereocenters. The van der Waals surface area contributed by atoms with Crippen molar-refractivity contribution in [1.29, 1.82) is 0 Å². The van der Waals surface area contributed by atoms with Crippen molar-refractivity contribution in [1.82, 2.24) is 15.1 Å². The fraction of sp³-hybridized carbons (Fsp3) is 0.875. The van der Waals surface area contributed by atoms with Gasteiger partial charge in [-0.25, -0.2) is 0 Å². The molecule has 0 spiro atoms. The fourth-order valence-corrected chi connectivity index (χ4v) is 3.08. The summed E-state index contributed by atoms with van der Waals surface area (Å²) in [7, 11) is 0. The van der Waals surface area contributed by atoms with Crippen LogP contribution in [0.5, 0.6) is 0 Å². The van der Waals surface area contributed by atoms with Gasteiger partial charge >= 0.3 is 0 Å². The fourth-order valence-electron chi connectivity index (χ4n) is 3.08. The molecule has 0 aromatic carbocycles. The van der Waals surface area contributed by atoms with Crippen molar-refractivity contribution < 1.29 is 14.3 Å². The van der Waals surface area contributed by atoms with Crippen LogP contribution in [0.3, 0.4) is 0 Å². The highest BCUT2D eigenvalue weighted by molar-refractivity contribution is 5.82. The number of carbonyl (C=O) groups excluding carboxylic acids is 2. The van der Waals surface area contributed by atoms with E-state index in [1.807, 2.05) is 4.90 Å². The normalized spacial score (nSPS) is 27.7. The number of likely N-dealkylation sites (tertiary alicyclic amines) is 1. The minimum absolute atomic E-state index is 0.0218. The molecule has 2 heterocycles. The first-order valence-corrected chi connectivity index (χ1v) is 8.54. The Morgan fingerprint density at radius 1 is 1.14 bits per heavy atom. The van der Waals surface area contributed by atoms with E-state index >= 15 is 0 Å². The molecule has 1 aliphatic carbocycles. The molecule has 2 saturated heterocycles. The summed E-state index contributed by atoms with van der Waals surface area (Å²) in [6.07, 6.45) is 3.92. The highest BCUT2D eigenvalue weighted by atomic mass is 16.5. The Morgan fingerprint density at radius 2 is 1.86 bits per heavy atom. The van der Waals surface area contributed by atoms with Crippen LogP contribution in [0.2, 0.25) is 0 Å². The first-order chi connectivity index (χ1) is 10.6. The molecule has 0 aromatic rings. The average Bonchev–Trinajstić information content (AvgIpc) is 3.32. The molecule has 0 aromatic heterocycles. The SMILES string of the molecule is CC1CCN(C(=O)CN2CCOC(C(=O)NC3CC3)C2)CC1. The van der Waals surface area contributed by atoms with E-state index in [9.17, 15) is 9.59 Å². The third-order valence-corrected chi connectivity index (χ3v) is 4.86. The maximum atomic E-state index is 12.4. The molecule has 124 valence electrons. The van der Waals surface area contributed by atoms with Crippen molar-refractivity contribution in [3.05, 3.63) is 0 Å². The number of hydrogen-bond donors (Lipinski definition) is 1. The van der Waals surface area contributed by atoms with Crippen molar-refractivity contribution in [2.75, 3.05) is 39.3 Å². The van der Waals surface area contributed by atoms with Crippen LogP contribution in [0.25, 0.3) is 0 Å². The maximum Gasteiger partial charge on any atom is 0.250 e. The molecule has 0 bridgehead atoms. The number of hydrogen-bond acceptors (Lipinski definition) is 4. The van der Waals surface area contributed by atoms with Crippen molar-refractivity contribution in [3.63, 3.8) is 0 Å². The zero-order chi connectivity index (χ0) is 15.5. The maximum absolute atomic E-state index is 12.4. The first-order valence-electron chi connectivity index (χ1n) is 8.54. The van der Waals surface area contributed by atoms with Gasteiger partial charge in [-0.05, 0) is 31.6 Å². The summed E-state index contributed by atoms with van der Waals surface area (Å²) in [6.45, 7) is 6.16. The number of carbonyl (C=O) groups is 2. The number of morpholine rings is 1. The molecule has 1 atom stereocenters. The minimum Gasteiger partial charge on any atom is -0.366 e. The third-order valence-electron chi connectivity index (χ3n) is 4.86. The Bertz CT molecular complexity index is 417. The minimum atomic E-state index is -0.427. The number of nitrogens with zero attached hydrogens (tertiary/aromatic N) is 2. The second-order valence-electron chi connectivity index (χ2n) is 6.94. The van der Waals surface area contributed by atoms with Gasteiger partial charge in [0, 0.05) is 32.2 Å². The first kappa shape index (κ1) is 15.7. The topological polar surface area (TPSA) is 61.9 Å². The van der Waals surface area contributed by atoms with Crippen molar-refractivity contribution >= 4 is 11.8 Å². The van der Waals surface area contributed by atoms with E-state index in [1.54, 1.807) is 0 Å². The zero-order valence-electron chi connectivity index (χ0n) is 13.4. The summed E-state index contributed by atoms with van der Waals surface area (Å²) in [5, 5.41) is 2.98.